The molecular weight excluding hydrogens is 390 g/mol. The highest BCUT2D eigenvalue weighted by atomic mass is 16.5. The van der Waals surface area contributed by atoms with E-state index in [-0.39, 0.29) is 0 Å². The van der Waals surface area contributed by atoms with Gasteiger partial charge >= 0.3 is 0 Å². The lowest BCUT2D eigenvalue weighted by Crippen LogP contribution is -2.39. The van der Waals surface area contributed by atoms with E-state index in [0.717, 1.165) is 75.3 Å². The molecule has 0 unspecified atom stereocenters. The van der Waals surface area contributed by atoms with Crippen LogP contribution in [0.1, 0.15) is 16.8 Å². The normalized spacial score (nSPS) is 16.7. The van der Waals surface area contributed by atoms with E-state index in [1.807, 2.05) is 30.3 Å². The van der Waals surface area contributed by atoms with Crippen molar-refractivity contribution in [3.05, 3.63) is 65.5 Å². The maximum Gasteiger partial charge on any atom is 0.180 e. The van der Waals surface area contributed by atoms with Crippen molar-refractivity contribution >= 4 is 5.82 Å². The molecule has 160 valence electrons. The molecule has 2 aliphatic heterocycles. The molecule has 7 heteroatoms. The molecule has 0 radical (unpaired) electrons. The second-order valence-corrected chi connectivity index (χ2v) is 7.92. The van der Waals surface area contributed by atoms with E-state index in [0.29, 0.717) is 5.82 Å². The summed E-state index contributed by atoms with van der Waals surface area (Å²) in [6.45, 7) is 5.83. The summed E-state index contributed by atoms with van der Waals surface area (Å²) in [5.74, 6) is 2.64. The molecule has 4 heterocycles. The van der Waals surface area contributed by atoms with Crippen LogP contribution in [0.5, 0.6) is 5.75 Å². The molecule has 0 amide bonds. The van der Waals surface area contributed by atoms with Gasteiger partial charge in [-0.3, -0.25) is 9.88 Å². The third-order valence-corrected chi connectivity index (χ3v) is 5.86. The summed E-state index contributed by atoms with van der Waals surface area (Å²) in [6.07, 6.45) is 2.70. The highest BCUT2D eigenvalue weighted by Crippen LogP contribution is 2.30. The van der Waals surface area contributed by atoms with Crippen molar-refractivity contribution in [2.75, 3.05) is 44.9 Å². The van der Waals surface area contributed by atoms with Crippen LogP contribution < -0.4 is 9.64 Å². The first-order chi connectivity index (χ1) is 15.3. The smallest absolute Gasteiger partial charge is 0.180 e. The van der Waals surface area contributed by atoms with Crippen LogP contribution in [0.4, 0.5) is 5.82 Å². The molecule has 1 aromatic carbocycles. The van der Waals surface area contributed by atoms with Gasteiger partial charge in [-0.1, -0.05) is 18.2 Å². The highest BCUT2D eigenvalue weighted by molar-refractivity contribution is 5.58. The molecule has 2 aromatic heterocycles. The van der Waals surface area contributed by atoms with Crippen LogP contribution in [-0.2, 0) is 24.2 Å². The fourth-order valence-electron chi connectivity index (χ4n) is 4.26. The largest absolute Gasteiger partial charge is 0.497 e. The third-order valence-electron chi connectivity index (χ3n) is 5.86. The second-order valence-electron chi connectivity index (χ2n) is 7.92. The summed E-state index contributed by atoms with van der Waals surface area (Å²) in [6, 6.07) is 14.2. The Hall–Kier alpha value is -3.03. The Balaban J connectivity index is 1.46. The number of hydrogen-bond donors (Lipinski definition) is 0. The molecule has 0 bridgehead atoms. The first kappa shape index (κ1) is 19.9. The Morgan fingerprint density at radius 2 is 1.94 bits per heavy atom. The van der Waals surface area contributed by atoms with E-state index in [2.05, 4.69) is 26.9 Å². The monoisotopic (exact) mass is 417 g/mol. The fourth-order valence-corrected chi connectivity index (χ4v) is 4.26. The van der Waals surface area contributed by atoms with Crippen LogP contribution in [-0.4, -0.2) is 59.8 Å². The van der Waals surface area contributed by atoms with Gasteiger partial charge in [-0.15, -0.1) is 0 Å². The fraction of sp³-hybridized carbons (Fsp3) is 0.375. The number of methoxy groups -OCH3 is 1. The number of benzene rings is 1. The Kier molecular flexibility index (Phi) is 5.78. The lowest BCUT2D eigenvalue weighted by atomic mass is 10.0. The van der Waals surface area contributed by atoms with Gasteiger partial charge in [0.05, 0.1) is 26.0 Å². The van der Waals surface area contributed by atoms with E-state index in [1.54, 1.807) is 13.3 Å². The Labute approximate surface area is 182 Å². The average molecular weight is 418 g/mol. The third kappa shape index (κ3) is 4.38. The number of hydrogen-bond acceptors (Lipinski definition) is 7. The van der Waals surface area contributed by atoms with Gasteiger partial charge in [0, 0.05) is 50.9 Å². The van der Waals surface area contributed by atoms with Crippen molar-refractivity contribution < 1.29 is 9.47 Å². The van der Waals surface area contributed by atoms with Gasteiger partial charge in [0.25, 0.3) is 0 Å². The zero-order valence-electron chi connectivity index (χ0n) is 17.8. The molecule has 1 fully saturated rings. The lowest BCUT2D eigenvalue weighted by molar-refractivity contribution is 0.122. The van der Waals surface area contributed by atoms with E-state index in [4.69, 9.17) is 19.4 Å². The van der Waals surface area contributed by atoms with E-state index in [9.17, 15) is 0 Å². The molecule has 7 nitrogen and oxygen atoms in total. The highest BCUT2D eigenvalue weighted by Gasteiger charge is 2.26. The van der Waals surface area contributed by atoms with Crippen molar-refractivity contribution in [1.29, 1.82) is 0 Å². The Morgan fingerprint density at radius 3 is 2.74 bits per heavy atom. The van der Waals surface area contributed by atoms with Gasteiger partial charge < -0.3 is 14.4 Å². The molecule has 1 saturated heterocycles. The maximum absolute atomic E-state index is 5.58. The number of nitrogens with zero attached hydrogens (tertiary/aromatic N) is 5. The van der Waals surface area contributed by atoms with Crippen LogP contribution in [0.15, 0.2) is 48.7 Å². The van der Waals surface area contributed by atoms with Crippen LogP contribution in [0, 0.1) is 0 Å². The quantitative estimate of drug-likeness (QED) is 0.632. The molecular formula is C24H27N5O2. The van der Waals surface area contributed by atoms with E-state index >= 15 is 0 Å². The van der Waals surface area contributed by atoms with Crippen LogP contribution in [0.2, 0.25) is 0 Å². The number of pyridine rings is 1. The molecule has 3 aromatic rings. The van der Waals surface area contributed by atoms with Gasteiger partial charge in [0.2, 0.25) is 0 Å². The van der Waals surface area contributed by atoms with Crippen LogP contribution in [0.25, 0.3) is 11.5 Å². The van der Waals surface area contributed by atoms with Crippen LogP contribution >= 0.6 is 0 Å². The number of aromatic nitrogens is 3. The van der Waals surface area contributed by atoms with Crippen molar-refractivity contribution in [2.24, 2.45) is 0 Å². The number of fused-ring (bicyclic) bond motifs is 1. The molecule has 0 aliphatic carbocycles. The molecule has 31 heavy (non-hydrogen) atoms. The van der Waals surface area contributed by atoms with Crippen molar-refractivity contribution in [3.8, 4) is 17.3 Å². The molecule has 2 aliphatic rings. The topological polar surface area (TPSA) is 63.6 Å². The number of ether oxygens (including phenoxy) is 2. The summed E-state index contributed by atoms with van der Waals surface area (Å²) in [4.78, 5) is 19.2. The first-order valence-corrected chi connectivity index (χ1v) is 10.8. The van der Waals surface area contributed by atoms with Crippen LogP contribution in [0.3, 0.4) is 0 Å². The predicted molar refractivity (Wildman–Crippen MR) is 119 cm³/mol. The lowest BCUT2D eigenvalue weighted by Gasteiger charge is -2.34. The van der Waals surface area contributed by atoms with Crippen molar-refractivity contribution in [3.63, 3.8) is 0 Å². The van der Waals surface area contributed by atoms with E-state index in [1.165, 1.54) is 11.1 Å². The summed E-state index contributed by atoms with van der Waals surface area (Å²) in [5, 5.41) is 0. The second kappa shape index (κ2) is 8.99. The summed E-state index contributed by atoms with van der Waals surface area (Å²) < 4.78 is 11.0. The van der Waals surface area contributed by atoms with Gasteiger partial charge in [-0.25, -0.2) is 9.97 Å². The zero-order chi connectivity index (χ0) is 21.0. The number of morpholine rings is 1. The van der Waals surface area contributed by atoms with Crippen molar-refractivity contribution in [2.45, 2.75) is 19.5 Å². The Morgan fingerprint density at radius 1 is 1.03 bits per heavy atom. The first-order valence-electron chi connectivity index (χ1n) is 10.8. The molecule has 0 saturated carbocycles. The molecule has 0 atom stereocenters. The minimum Gasteiger partial charge on any atom is -0.497 e. The summed E-state index contributed by atoms with van der Waals surface area (Å²) in [7, 11) is 1.71. The van der Waals surface area contributed by atoms with Gasteiger partial charge in [-0.2, -0.15) is 0 Å². The number of rotatable bonds is 5. The standard InChI is InChI=1S/C24H27N5O2/c1-30-19-6-4-5-18(15-19)16-28-10-8-21-20(17-28)24(29-11-13-31-14-12-29)27-23(26-21)22-7-2-3-9-25-22/h2-7,9,15H,8,10-14,16-17H2,1H3. The zero-order valence-corrected chi connectivity index (χ0v) is 17.8. The Bertz CT molecular complexity index is 1040. The summed E-state index contributed by atoms with van der Waals surface area (Å²) >= 11 is 0. The predicted octanol–water partition coefficient (Wildman–Crippen LogP) is 2.94. The molecule has 0 N–H and O–H groups in total. The van der Waals surface area contributed by atoms with Crippen molar-refractivity contribution in [1.82, 2.24) is 19.9 Å². The molecule has 0 spiro atoms. The minimum absolute atomic E-state index is 0.710. The van der Waals surface area contributed by atoms with E-state index < -0.39 is 0 Å². The number of anilines is 1. The van der Waals surface area contributed by atoms with Gasteiger partial charge in [0.1, 0.15) is 17.3 Å². The summed E-state index contributed by atoms with van der Waals surface area (Å²) in [5.41, 5.74) is 4.44. The SMILES string of the molecule is COc1cccc(CN2CCc3nc(-c4ccccn4)nc(N4CCOCC4)c3C2)c1. The minimum atomic E-state index is 0.710. The molecule has 5 rings (SSSR count). The maximum atomic E-state index is 5.58. The average Bonchev–Trinajstić information content (AvgIpc) is 2.84. The van der Waals surface area contributed by atoms with Gasteiger partial charge in [0.15, 0.2) is 5.82 Å². The van der Waals surface area contributed by atoms with Gasteiger partial charge in [-0.05, 0) is 29.8 Å².